The van der Waals surface area contributed by atoms with Crippen LogP contribution in [0.2, 0.25) is 0 Å². The van der Waals surface area contributed by atoms with E-state index in [1.807, 2.05) is 36.7 Å². The molecule has 2 aromatic heterocycles. The largest absolute Gasteiger partial charge is 0.384 e. The molecule has 0 aromatic carbocycles. The monoisotopic (exact) mass is 442 g/mol. The third kappa shape index (κ3) is 6.38. The lowest BCUT2D eigenvalue weighted by atomic mass is 10.1. The van der Waals surface area contributed by atoms with Gasteiger partial charge in [-0.15, -0.1) is 0 Å². The van der Waals surface area contributed by atoms with Crippen molar-refractivity contribution in [2.45, 2.75) is 52.0 Å². The molecule has 2 fully saturated rings. The molecule has 0 radical (unpaired) electrons. The van der Waals surface area contributed by atoms with Crippen molar-refractivity contribution in [2.24, 2.45) is 0 Å². The number of nitrogens with two attached hydrogens (primary N) is 2. The molecular formula is C24H38N6O2. The van der Waals surface area contributed by atoms with E-state index in [9.17, 15) is 0 Å². The highest BCUT2D eigenvalue weighted by molar-refractivity contribution is 5.31. The molecule has 0 bridgehead atoms. The maximum atomic E-state index is 5.83. The zero-order chi connectivity index (χ0) is 23.1. The Morgan fingerprint density at radius 1 is 0.781 bits per heavy atom. The number of ether oxygens (including phenoxy) is 2. The Labute approximate surface area is 191 Å². The van der Waals surface area contributed by atoms with Gasteiger partial charge in [0.2, 0.25) is 0 Å². The zero-order valence-electron chi connectivity index (χ0n) is 19.8. The van der Waals surface area contributed by atoms with Crippen LogP contribution in [0.3, 0.4) is 0 Å². The molecule has 8 nitrogen and oxygen atoms in total. The minimum absolute atomic E-state index is 0.129. The lowest BCUT2D eigenvalue weighted by Gasteiger charge is -2.37. The molecule has 2 aliphatic rings. The van der Waals surface area contributed by atoms with E-state index in [4.69, 9.17) is 20.9 Å². The minimum Gasteiger partial charge on any atom is -0.384 e. The zero-order valence-corrected chi connectivity index (χ0v) is 19.8. The summed E-state index contributed by atoms with van der Waals surface area (Å²) >= 11 is 0. The van der Waals surface area contributed by atoms with Crippen LogP contribution >= 0.6 is 0 Å². The van der Waals surface area contributed by atoms with E-state index >= 15 is 0 Å². The van der Waals surface area contributed by atoms with Crippen LogP contribution in [-0.4, -0.2) is 71.2 Å². The Balaban J connectivity index is 0.000000181. The summed E-state index contributed by atoms with van der Waals surface area (Å²) in [4.78, 5) is 13.0. The molecule has 0 unspecified atom stereocenters. The highest BCUT2D eigenvalue weighted by Gasteiger charge is 2.27. The van der Waals surface area contributed by atoms with Gasteiger partial charge in [-0.05, 0) is 39.1 Å². The van der Waals surface area contributed by atoms with Gasteiger partial charge in [-0.3, -0.25) is 9.80 Å². The van der Waals surface area contributed by atoms with Crippen molar-refractivity contribution in [1.29, 1.82) is 0 Å². The van der Waals surface area contributed by atoms with Gasteiger partial charge in [0.05, 0.1) is 25.4 Å². The molecule has 32 heavy (non-hydrogen) atoms. The van der Waals surface area contributed by atoms with Crippen LogP contribution < -0.4 is 11.5 Å². The van der Waals surface area contributed by atoms with E-state index in [1.54, 1.807) is 0 Å². The number of hydrogen-bond donors (Lipinski definition) is 2. The number of pyridine rings is 2. The Morgan fingerprint density at radius 2 is 1.19 bits per heavy atom. The highest BCUT2D eigenvalue weighted by Crippen LogP contribution is 2.25. The van der Waals surface area contributed by atoms with Crippen molar-refractivity contribution in [3.63, 3.8) is 0 Å². The average Bonchev–Trinajstić information content (AvgIpc) is 2.81. The molecule has 176 valence electrons. The molecule has 0 saturated carbocycles. The van der Waals surface area contributed by atoms with Gasteiger partial charge >= 0.3 is 0 Å². The van der Waals surface area contributed by atoms with E-state index in [0.29, 0.717) is 23.7 Å². The third-order valence-corrected chi connectivity index (χ3v) is 6.30. The number of likely N-dealkylation sites (N-methyl/N-ethyl adjacent to an activating group) is 2. The maximum Gasteiger partial charge on any atom is 0.123 e. The molecule has 8 heteroatoms. The molecule has 2 aromatic rings. The van der Waals surface area contributed by atoms with Crippen LogP contribution in [0.15, 0.2) is 36.7 Å². The molecule has 0 amide bonds. The van der Waals surface area contributed by atoms with E-state index in [-0.39, 0.29) is 12.2 Å². The van der Waals surface area contributed by atoms with Gasteiger partial charge in [0.25, 0.3) is 0 Å². The quantitative estimate of drug-likeness (QED) is 0.745. The SMILES string of the molecule is CCN1C[C@@H](c2ccc(N)nc2)OC[C@@H]1C.CCN1C[C@H](c2ccc(N)nc2)OC[C@@H]1C. The van der Waals surface area contributed by atoms with Crippen molar-refractivity contribution < 1.29 is 9.47 Å². The molecule has 4 rings (SSSR count). The number of nitrogen functional groups attached to an aromatic ring is 2. The summed E-state index contributed by atoms with van der Waals surface area (Å²) in [6, 6.07) is 8.65. The molecular weight excluding hydrogens is 404 g/mol. The summed E-state index contributed by atoms with van der Waals surface area (Å²) in [5.74, 6) is 1.11. The summed E-state index contributed by atoms with van der Waals surface area (Å²) in [6.45, 7) is 14.3. The normalized spacial score (nSPS) is 26.9. The van der Waals surface area contributed by atoms with Crippen LogP contribution in [0, 0.1) is 0 Å². The van der Waals surface area contributed by atoms with Crippen LogP contribution in [0.25, 0.3) is 0 Å². The second-order valence-electron chi connectivity index (χ2n) is 8.55. The van der Waals surface area contributed by atoms with Gasteiger partial charge < -0.3 is 20.9 Å². The number of nitrogens with zero attached hydrogens (tertiary/aromatic N) is 4. The van der Waals surface area contributed by atoms with Gasteiger partial charge in [0.15, 0.2) is 0 Å². The fraction of sp³-hybridized carbons (Fsp3) is 0.583. The fourth-order valence-electron chi connectivity index (χ4n) is 4.11. The van der Waals surface area contributed by atoms with Gasteiger partial charge in [-0.25, -0.2) is 9.97 Å². The highest BCUT2D eigenvalue weighted by atomic mass is 16.5. The Hall–Kier alpha value is -2.26. The van der Waals surface area contributed by atoms with Crippen molar-refractivity contribution in [3.8, 4) is 0 Å². The number of aromatic nitrogens is 2. The predicted octanol–water partition coefficient (Wildman–Crippen LogP) is 2.89. The smallest absolute Gasteiger partial charge is 0.123 e. The second kappa shape index (κ2) is 11.6. The Bertz CT molecular complexity index is 747. The van der Waals surface area contributed by atoms with Crippen molar-refractivity contribution in [2.75, 3.05) is 50.9 Å². The molecule has 4 heterocycles. The second-order valence-corrected chi connectivity index (χ2v) is 8.55. The topological polar surface area (TPSA) is 103 Å². The predicted molar refractivity (Wildman–Crippen MR) is 128 cm³/mol. The number of morpholine rings is 2. The van der Waals surface area contributed by atoms with Crippen LogP contribution in [0.4, 0.5) is 11.6 Å². The summed E-state index contributed by atoms with van der Waals surface area (Å²) in [7, 11) is 0. The number of hydrogen-bond acceptors (Lipinski definition) is 8. The molecule has 2 aliphatic heterocycles. The maximum absolute atomic E-state index is 5.83. The van der Waals surface area contributed by atoms with E-state index in [0.717, 1.165) is 50.5 Å². The third-order valence-electron chi connectivity index (χ3n) is 6.30. The van der Waals surface area contributed by atoms with Gasteiger partial charge in [0, 0.05) is 48.7 Å². The summed E-state index contributed by atoms with van der Waals surface area (Å²) in [5, 5.41) is 0. The van der Waals surface area contributed by atoms with Crippen molar-refractivity contribution >= 4 is 11.6 Å². The minimum atomic E-state index is 0.129. The standard InChI is InChI=1S/2C12H19N3O/c2*1-3-15-7-11(16-8-9(15)2)10-4-5-12(13)14-6-10/h2*4-6,9,11H,3,7-8H2,1-2H3,(H2,13,14)/t9-,11+;9-,11-/m00/s1. The molecule has 4 N–H and O–H groups in total. The Morgan fingerprint density at radius 3 is 1.50 bits per heavy atom. The molecule has 0 spiro atoms. The number of rotatable bonds is 4. The van der Waals surface area contributed by atoms with Crippen LogP contribution in [0.1, 0.15) is 51.0 Å². The first-order chi connectivity index (χ1) is 15.4. The lowest BCUT2D eigenvalue weighted by Crippen LogP contribution is -2.44. The average molecular weight is 443 g/mol. The van der Waals surface area contributed by atoms with Crippen molar-refractivity contribution in [1.82, 2.24) is 19.8 Å². The first kappa shape index (κ1) is 24.4. The van der Waals surface area contributed by atoms with Gasteiger partial charge in [0.1, 0.15) is 11.6 Å². The molecule has 4 atom stereocenters. The Kier molecular flexibility index (Phi) is 8.81. The number of anilines is 2. The van der Waals surface area contributed by atoms with E-state index < -0.39 is 0 Å². The van der Waals surface area contributed by atoms with Crippen LogP contribution in [-0.2, 0) is 9.47 Å². The van der Waals surface area contributed by atoms with E-state index in [2.05, 4.69) is 47.5 Å². The van der Waals surface area contributed by atoms with Gasteiger partial charge in [-0.2, -0.15) is 0 Å². The van der Waals surface area contributed by atoms with E-state index in [1.165, 1.54) is 0 Å². The first-order valence-electron chi connectivity index (χ1n) is 11.5. The molecule has 0 aliphatic carbocycles. The lowest BCUT2D eigenvalue weighted by molar-refractivity contribution is -0.0581. The fourth-order valence-corrected chi connectivity index (χ4v) is 4.11. The summed E-state index contributed by atoms with van der Waals surface area (Å²) in [6.07, 6.45) is 3.88. The summed E-state index contributed by atoms with van der Waals surface area (Å²) < 4.78 is 11.7. The molecule has 2 saturated heterocycles. The van der Waals surface area contributed by atoms with Crippen LogP contribution in [0.5, 0.6) is 0 Å². The van der Waals surface area contributed by atoms with Gasteiger partial charge in [-0.1, -0.05) is 26.0 Å². The first-order valence-corrected chi connectivity index (χ1v) is 11.5. The van der Waals surface area contributed by atoms with Crippen molar-refractivity contribution in [3.05, 3.63) is 47.8 Å². The summed E-state index contributed by atoms with van der Waals surface area (Å²) in [5.41, 5.74) is 13.4.